The molecule has 10 nitrogen and oxygen atoms in total. The normalized spacial score (nSPS) is 14.9. The number of rotatable bonds is 6. The number of hydrogen-bond acceptors (Lipinski definition) is 8. The van der Waals surface area contributed by atoms with Crippen LogP contribution in [0.15, 0.2) is 0 Å². The predicted octanol–water partition coefficient (Wildman–Crippen LogP) is 0.843. The molecule has 0 saturated carbocycles. The molecule has 0 aromatic carbocycles. The molecule has 1 aromatic rings. The van der Waals surface area contributed by atoms with Gasteiger partial charge in [-0.15, -0.1) is 0 Å². The van der Waals surface area contributed by atoms with E-state index in [0.717, 1.165) is 0 Å². The zero-order chi connectivity index (χ0) is 18.4. The van der Waals surface area contributed by atoms with E-state index >= 15 is 0 Å². The van der Waals surface area contributed by atoms with E-state index in [1.54, 1.807) is 0 Å². The SMILES string of the molecule is O=C(O)CCC(=O)NNc1nc(N2CCOCC2)nc(C(Cl)(Cl)Cl)n1. The Hall–Kier alpha value is -1.62. The lowest BCUT2D eigenvalue weighted by atomic mass is 10.3. The zero-order valence-electron chi connectivity index (χ0n) is 12.8. The smallest absolute Gasteiger partial charge is 0.303 e. The lowest BCUT2D eigenvalue weighted by Crippen LogP contribution is -2.38. The largest absolute Gasteiger partial charge is 0.481 e. The minimum atomic E-state index is -1.88. The number of hydrogen-bond donors (Lipinski definition) is 3. The summed E-state index contributed by atoms with van der Waals surface area (Å²) in [6, 6.07) is 0. The number of morpholine rings is 1. The highest BCUT2D eigenvalue weighted by Crippen LogP contribution is 2.36. The van der Waals surface area contributed by atoms with Crippen LogP contribution in [0.4, 0.5) is 11.9 Å². The second-order valence-electron chi connectivity index (χ2n) is 4.95. The first-order valence-corrected chi connectivity index (χ1v) is 8.31. The highest BCUT2D eigenvalue weighted by atomic mass is 35.6. The van der Waals surface area contributed by atoms with Gasteiger partial charge in [-0.2, -0.15) is 15.0 Å². The molecule has 2 heterocycles. The summed E-state index contributed by atoms with van der Waals surface area (Å²) in [5.41, 5.74) is 4.76. The van der Waals surface area contributed by atoms with Crippen LogP contribution in [0.25, 0.3) is 0 Å². The van der Waals surface area contributed by atoms with Gasteiger partial charge in [-0.3, -0.25) is 20.4 Å². The lowest BCUT2D eigenvalue weighted by molar-refractivity contribution is -0.138. The average Bonchev–Trinajstić information content (AvgIpc) is 2.58. The Morgan fingerprint density at radius 2 is 1.84 bits per heavy atom. The van der Waals surface area contributed by atoms with Gasteiger partial charge in [0.1, 0.15) is 0 Å². The summed E-state index contributed by atoms with van der Waals surface area (Å²) in [7, 11) is 0. The van der Waals surface area contributed by atoms with Gasteiger partial charge in [0.2, 0.25) is 21.6 Å². The summed E-state index contributed by atoms with van der Waals surface area (Å²) in [5, 5.41) is 8.56. The minimum absolute atomic E-state index is 0.0403. The number of nitrogens with zero attached hydrogens (tertiary/aromatic N) is 4. The first-order chi connectivity index (χ1) is 11.8. The Labute approximate surface area is 157 Å². The third-order valence-corrected chi connectivity index (χ3v) is 3.56. The molecule has 138 valence electrons. The van der Waals surface area contributed by atoms with E-state index in [-0.39, 0.29) is 30.6 Å². The van der Waals surface area contributed by atoms with Crippen molar-refractivity contribution in [3.05, 3.63) is 5.82 Å². The molecule has 1 fully saturated rings. The molecular weight excluding hydrogens is 399 g/mol. The first-order valence-electron chi connectivity index (χ1n) is 7.18. The number of anilines is 2. The van der Waals surface area contributed by atoms with Gasteiger partial charge in [0.25, 0.3) is 0 Å². The van der Waals surface area contributed by atoms with Crippen molar-refractivity contribution in [2.75, 3.05) is 36.6 Å². The molecule has 0 spiro atoms. The quantitative estimate of drug-likeness (QED) is 0.459. The zero-order valence-corrected chi connectivity index (χ0v) is 15.1. The van der Waals surface area contributed by atoms with Crippen LogP contribution in [0.5, 0.6) is 0 Å². The molecule has 0 atom stereocenters. The molecule has 0 bridgehead atoms. The molecule has 1 aromatic heterocycles. The molecule has 1 aliphatic heterocycles. The number of aliphatic carboxylic acids is 1. The van der Waals surface area contributed by atoms with E-state index in [1.165, 1.54) is 0 Å². The van der Waals surface area contributed by atoms with Crippen LogP contribution in [0.1, 0.15) is 18.7 Å². The maximum atomic E-state index is 11.6. The summed E-state index contributed by atoms with van der Waals surface area (Å²) in [5.74, 6) is -1.52. The van der Waals surface area contributed by atoms with Gasteiger partial charge >= 0.3 is 5.97 Å². The van der Waals surface area contributed by atoms with Gasteiger partial charge in [-0.1, -0.05) is 34.8 Å². The molecule has 0 unspecified atom stereocenters. The van der Waals surface area contributed by atoms with Crippen molar-refractivity contribution in [2.45, 2.75) is 16.6 Å². The van der Waals surface area contributed by atoms with Gasteiger partial charge in [0.05, 0.1) is 19.6 Å². The topological polar surface area (TPSA) is 130 Å². The number of aromatic nitrogens is 3. The van der Waals surface area contributed by atoms with E-state index in [1.807, 2.05) is 4.90 Å². The molecule has 0 radical (unpaired) electrons. The van der Waals surface area contributed by atoms with Crippen LogP contribution >= 0.6 is 34.8 Å². The summed E-state index contributed by atoms with van der Waals surface area (Å²) in [6.45, 7) is 2.11. The van der Waals surface area contributed by atoms with Crippen LogP contribution in [0.2, 0.25) is 0 Å². The highest BCUT2D eigenvalue weighted by Gasteiger charge is 2.29. The number of alkyl halides is 3. The van der Waals surface area contributed by atoms with Crippen LogP contribution in [0, 0.1) is 0 Å². The van der Waals surface area contributed by atoms with Crippen molar-refractivity contribution >= 4 is 58.6 Å². The van der Waals surface area contributed by atoms with E-state index in [2.05, 4.69) is 25.8 Å². The third kappa shape index (κ3) is 6.31. The fraction of sp³-hybridized carbons (Fsp3) is 0.583. The first kappa shape index (κ1) is 19.7. The Morgan fingerprint density at radius 3 is 2.44 bits per heavy atom. The van der Waals surface area contributed by atoms with Crippen LogP contribution in [-0.4, -0.2) is 58.2 Å². The molecule has 13 heteroatoms. The van der Waals surface area contributed by atoms with Gasteiger partial charge in [0, 0.05) is 19.5 Å². The second kappa shape index (κ2) is 8.65. The molecular formula is C12H15Cl3N6O4. The van der Waals surface area contributed by atoms with Crippen LogP contribution < -0.4 is 15.8 Å². The van der Waals surface area contributed by atoms with Gasteiger partial charge in [-0.05, 0) is 0 Å². The number of carboxylic acids is 1. The minimum Gasteiger partial charge on any atom is -0.481 e. The lowest BCUT2D eigenvalue weighted by Gasteiger charge is -2.27. The summed E-state index contributed by atoms with van der Waals surface area (Å²) in [6.07, 6.45) is -0.510. The standard InChI is InChI=1S/C12H15Cl3N6O4/c13-12(14,15)9-16-10(20-19-7(22)1-2-8(23)24)18-11(17-9)21-3-5-25-6-4-21/h1-6H2,(H,19,22)(H,23,24)(H,16,17,18,20). The van der Waals surface area contributed by atoms with Crippen molar-refractivity contribution in [1.82, 2.24) is 20.4 Å². The molecule has 3 N–H and O–H groups in total. The van der Waals surface area contributed by atoms with Crippen LogP contribution in [0.3, 0.4) is 0 Å². The number of carbonyl (C=O) groups excluding carboxylic acids is 1. The average molecular weight is 414 g/mol. The van der Waals surface area contributed by atoms with E-state index in [9.17, 15) is 9.59 Å². The van der Waals surface area contributed by atoms with Crippen LogP contribution in [-0.2, 0) is 18.1 Å². The number of nitrogens with one attached hydrogen (secondary N) is 2. The Kier molecular flexibility index (Phi) is 6.82. The Balaban J connectivity index is 2.12. The number of halogens is 3. The van der Waals surface area contributed by atoms with Crippen molar-refractivity contribution in [2.24, 2.45) is 0 Å². The van der Waals surface area contributed by atoms with Crippen molar-refractivity contribution in [1.29, 1.82) is 0 Å². The summed E-state index contributed by atoms with van der Waals surface area (Å²) in [4.78, 5) is 36.1. The van der Waals surface area contributed by atoms with E-state index < -0.39 is 15.7 Å². The summed E-state index contributed by atoms with van der Waals surface area (Å²) >= 11 is 17.5. The molecule has 1 amide bonds. The van der Waals surface area contributed by atoms with Crippen molar-refractivity contribution < 1.29 is 19.4 Å². The second-order valence-corrected chi connectivity index (χ2v) is 7.23. The Morgan fingerprint density at radius 1 is 1.16 bits per heavy atom. The maximum Gasteiger partial charge on any atom is 0.303 e. The maximum absolute atomic E-state index is 11.6. The number of carbonyl (C=O) groups is 2. The number of hydrazine groups is 1. The number of amides is 1. The molecule has 2 rings (SSSR count). The van der Waals surface area contributed by atoms with Gasteiger partial charge in [0.15, 0.2) is 5.82 Å². The Bertz CT molecular complexity index is 636. The molecule has 1 aliphatic rings. The fourth-order valence-corrected chi connectivity index (χ4v) is 2.11. The van der Waals surface area contributed by atoms with Crippen molar-refractivity contribution in [3.63, 3.8) is 0 Å². The van der Waals surface area contributed by atoms with Crippen molar-refractivity contribution in [3.8, 4) is 0 Å². The van der Waals surface area contributed by atoms with Gasteiger partial charge < -0.3 is 14.7 Å². The van der Waals surface area contributed by atoms with Gasteiger partial charge in [-0.25, -0.2) is 0 Å². The summed E-state index contributed by atoms with van der Waals surface area (Å²) < 4.78 is 3.38. The molecule has 25 heavy (non-hydrogen) atoms. The van der Waals surface area contributed by atoms with E-state index in [4.69, 9.17) is 44.6 Å². The third-order valence-electron chi connectivity index (χ3n) is 3.05. The molecule has 0 aliphatic carbocycles. The fourth-order valence-electron chi connectivity index (χ4n) is 1.86. The monoisotopic (exact) mass is 412 g/mol. The highest BCUT2D eigenvalue weighted by molar-refractivity contribution is 6.66. The van der Waals surface area contributed by atoms with E-state index in [0.29, 0.717) is 26.3 Å². The number of carboxylic acid groups (broad SMARTS) is 1. The molecule has 1 saturated heterocycles. The number of ether oxygens (including phenoxy) is 1. The predicted molar refractivity (Wildman–Crippen MR) is 90.7 cm³/mol.